The zero-order chi connectivity index (χ0) is 29.3. The number of nitrogens with one attached hydrogen (secondary N) is 1. The van der Waals surface area contributed by atoms with Gasteiger partial charge in [-0.25, -0.2) is 14.0 Å². The van der Waals surface area contributed by atoms with Gasteiger partial charge in [-0.1, -0.05) is 26.8 Å². The van der Waals surface area contributed by atoms with E-state index in [1.165, 1.54) is 17.9 Å². The lowest BCUT2D eigenvalue weighted by Gasteiger charge is -2.38. The Morgan fingerprint density at radius 2 is 1.85 bits per heavy atom. The van der Waals surface area contributed by atoms with Gasteiger partial charge in [0.15, 0.2) is 8.32 Å². The maximum atomic E-state index is 15.5. The third-order valence-electron chi connectivity index (χ3n) is 7.25. The minimum atomic E-state index is -2.10. The fraction of sp³-hybridized carbons (Fsp3) is 0.607. The van der Waals surface area contributed by atoms with Gasteiger partial charge in [0.05, 0.1) is 38.0 Å². The van der Waals surface area contributed by atoms with Gasteiger partial charge in [-0.2, -0.15) is 0 Å². The lowest BCUT2D eigenvalue weighted by molar-refractivity contribution is -0.119. The first kappa shape index (κ1) is 30.6. The molecule has 2 aliphatic rings. The smallest absolute Gasteiger partial charge is 0.414 e. The molecule has 0 radical (unpaired) electrons. The fourth-order valence-corrected chi connectivity index (χ4v) is 5.07. The molecule has 1 aromatic rings. The van der Waals surface area contributed by atoms with Gasteiger partial charge in [-0.15, -0.1) is 0 Å². The van der Waals surface area contributed by atoms with Crippen LogP contribution in [0.3, 0.4) is 0 Å². The van der Waals surface area contributed by atoms with Crippen LogP contribution in [0.25, 0.3) is 5.57 Å². The number of carbonyl (C=O) groups is 3. The molecule has 2 heterocycles. The Kier molecular flexibility index (Phi) is 8.86. The van der Waals surface area contributed by atoms with Crippen molar-refractivity contribution in [1.82, 2.24) is 10.2 Å². The lowest BCUT2D eigenvalue weighted by Crippen LogP contribution is -2.47. The Hall–Kier alpha value is -2.92. The number of ether oxygens (including phenoxy) is 2. The average molecular weight is 564 g/mol. The Balaban J connectivity index is 1.82. The Bertz CT molecular complexity index is 1140. The molecule has 1 saturated heterocycles. The number of hydrogen-bond acceptors (Lipinski definition) is 6. The molecule has 1 aromatic carbocycles. The average Bonchev–Trinajstić information content (AvgIpc) is 3.38. The summed E-state index contributed by atoms with van der Waals surface area (Å²) in [6, 6.07) is 4.13. The van der Waals surface area contributed by atoms with Crippen molar-refractivity contribution >= 4 is 37.7 Å². The van der Waals surface area contributed by atoms with E-state index in [0.717, 1.165) is 0 Å². The van der Waals surface area contributed by atoms with Gasteiger partial charge in [0.1, 0.15) is 17.5 Å². The molecule has 1 fully saturated rings. The zero-order valence-corrected chi connectivity index (χ0v) is 25.5. The van der Waals surface area contributed by atoms with Gasteiger partial charge in [0, 0.05) is 12.5 Å². The highest BCUT2D eigenvalue weighted by molar-refractivity contribution is 6.74. The van der Waals surface area contributed by atoms with Gasteiger partial charge in [0.2, 0.25) is 5.91 Å². The van der Waals surface area contributed by atoms with Crippen molar-refractivity contribution in [2.75, 3.05) is 31.1 Å². The van der Waals surface area contributed by atoms with E-state index in [1.807, 2.05) is 6.08 Å². The maximum absolute atomic E-state index is 15.5. The second-order valence-electron chi connectivity index (χ2n) is 12.7. The molecule has 2 aliphatic heterocycles. The highest BCUT2D eigenvalue weighted by Crippen LogP contribution is 2.38. The molecule has 11 heteroatoms. The van der Waals surface area contributed by atoms with Crippen molar-refractivity contribution in [3.05, 3.63) is 35.7 Å². The largest absolute Gasteiger partial charge is 0.444 e. The Labute approximate surface area is 231 Å². The predicted octanol–water partition coefficient (Wildman–Crippen LogP) is 5.31. The normalized spacial score (nSPS) is 20.2. The zero-order valence-electron chi connectivity index (χ0n) is 24.5. The van der Waals surface area contributed by atoms with E-state index >= 15 is 4.39 Å². The standard InChI is InChI=1S/C28H42FN3O6Si/c1-18(33)30-14-22-16-32(25(34)37-22)20-10-11-23(24(29)13-20)19-12-21(17-36-39(8,9)28(5,6)7)31(15-19)26(35)38-27(2,3)4/h10-13,21-22H,14-17H2,1-9H3,(H,30,33)/t21-,22-/m0/s1. The third kappa shape index (κ3) is 7.60. The van der Waals surface area contributed by atoms with Gasteiger partial charge < -0.3 is 19.2 Å². The number of rotatable bonds is 7. The second-order valence-corrected chi connectivity index (χ2v) is 17.5. The molecule has 0 saturated carbocycles. The molecular weight excluding hydrogens is 521 g/mol. The number of anilines is 1. The molecule has 39 heavy (non-hydrogen) atoms. The monoisotopic (exact) mass is 563 g/mol. The topological polar surface area (TPSA) is 97.4 Å². The Morgan fingerprint density at radius 3 is 2.41 bits per heavy atom. The van der Waals surface area contributed by atoms with Gasteiger partial charge >= 0.3 is 12.2 Å². The van der Waals surface area contributed by atoms with Crippen LogP contribution in [0.1, 0.15) is 54.0 Å². The number of nitrogens with zero attached hydrogens (tertiary/aromatic N) is 2. The van der Waals surface area contributed by atoms with E-state index < -0.39 is 44.1 Å². The van der Waals surface area contributed by atoms with Crippen LogP contribution in [0.5, 0.6) is 0 Å². The summed E-state index contributed by atoms with van der Waals surface area (Å²) in [5.41, 5.74) is 0.650. The molecular formula is C28H42FN3O6Si. The summed E-state index contributed by atoms with van der Waals surface area (Å²) in [6.45, 7) is 18.4. The van der Waals surface area contributed by atoms with E-state index in [1.54, 1.807) is 37.8 Å². The van der Waals surface area contributed by atoms with Crippen molar-refractivity contribution in [2.45, 2.75) is 84.3 Å². The molecule has 9 nitrogen and oxygen atoms in total. The van der Waals surface area contributed by atoms with Crippen molar-refractivity contribution in [1.29, 1.82) is 0 Å². The first-order valence-electron chi connectivity index (χ1n) is 13.2. The first-order valence-corrected chi connectivity index (χ1v) is 16.2. The number of benzene rings is 1. The molecule has 2 atom stereocenters. The van der Waals surface area contributed by atoms with Crippen LogP contribution in [0, 0.1) is 5.82 Å². The molecule has 0 unspecified atom stereocenters. The van der Waals surface area contributed by atoms with Crippen LogP contribution in [-0.4, -0.2) is 75.3 Å². The van der Waals surface area contributed by atoms with Gasteiger partial charge in [0.25, 0.3) is 0 Å². The summed E-state index contributed by atoms with van der Waals surface area (Å²) < 4.78 is 32.8. The number of hydrogen-bond donors (Lipinski definition) is 1. The minimum absolute atomic E-state index is 0.00526. The van der Waals surface area contributed by atoms with Crippen molar-refractivity contribution in [2.24, 2.45) is 0 Å². The van der Waals surface area contributed by atoms with E-state index in [0.29, 0.717) is 16.8 Å². The highest BCUT2D eigenvalue weighted by Gasteiger charge is 2.40. The molecule has 3 rings (SSSR count). The van der Waals surface area contributed by atoms with Gasteiger partial charge in [-0.3, -0.25) is 14.6 Å². The molecule has 0 aromatic heterocycles. The molecule has 1 N–H and O–H groups in total. The van der Waals surface area contributed by atoms with Crippen LogP contribution < -0.4 is 10.2 Å². The third-order valence-corrected chi connectivity index (χ3v) is 11.7. The summed E-state index contributed by atoms with van der Waals surface area (Å²) in [7, 11) is -2.10. The van der Waals surface area contributed by atoms with Crippen molar-refractivity contribution < 1.29 is 32.7 Å². The van der Waals surface area contributed by atoms with Crippen LogP contribution in [0.4, 0.5) is 19.7 Å². The summed E-state index contributed by atoms with van der Waals surface area (Å²) in [5, 5.41) is 2.62. The molecule has 0 aliphatic carbocycles. The van der Waals surface area contributed by atoms with Crippen LogP contribution in [-0.2, 0) is 18.7 Å². The predicted molar refractivity (Wildman–Crippen MR) is 151 cm³/mol. The van der Waals surface area contributed by atoms with E-state index in [9.17, 15) is 14.4 Å². The second kappa shape index (κ2) is 11.3. The first-order chi connectivity index (χ1) is 17.9. The molecule has 3 amide bonds. The number of cyclic esters (lactones) is 1. The van der Waals surface area contributed by atoms with Crippen LogP contribution in [0.15, 0.2) is 24.3 Å². The van der Waals surface area contributed by atoms with Crippen molar-refractivity contribution in [3.8, 4) is 0 Å². The minimum Gasteiger partial charge on any atom is -0.444 e. The summed E-state index contributed by atoms with van der Waals surface area (Å²) >= 11 is 0. The van der Waals surface area contributed by atoms with E-state index in [2.05, 4.69) is 39.2 Å². The Morgan fingerprint density at radius 1 is 1.18 bits per heavy atom. The van der Waals surface area contributed by atoms with Crippen molar-refractivity contribution in [3.63, 3.8) is 0 Å². The van der Waals surface area contributed by atoms with Crippen LogP contribution >= 0.6 is 0 Å². The number of halogens is 1. The molecule has 0 spiro atoms. The summed E-state index contributed by atoms with van der Waals surface area (Å²) in [4.78, 5) is 39.5. The quantitative estimate of drug-likeness (QED) is 0.452. The SMILES string of the molecule is CC(=O)NC[C@H]1CN(c2ccc(C3=C[C@@H](CO[Si](C)(C)C(C)(C)C)N(C(=O)OC(C)(C)C)C3)c(F)c2)C(=O)O1. The fourth-order valence-electron chi connectivity index (χ4n) is 4.05. The number of amides is 3. The van der Waals surface area contributed by atoms with E-state index in [4.69, 9.17) is 13.9 Å². The molecule has 216 valence electrons. The van der Waals surface area contributed by atoms with E-state index in [-0.39, 0.29) is 37.2 Å². The van der Waals surface area contributed by atoms with Crippen LogP contribution in [0.2, 0.25) is 18.1 Å². The molecule has 0 bridgehead atoms. The van der Waals surface area contributed by atoms with Gasteiger partial charge in [-0.05, 0) is 62.7 Å². The maximum Gasteiger partial charge on any atom is 0.414 e. The summed E-state index contributed by atoms with van der Waals surface area (Å²) in [6.07, 6.45) is 0.254. The summed E-state index contributed by atoms with van der Waals surface area (Å²) in [5.74, 6) is -0.745. The highest BCUT2D eigenvalue weighted by atomic mass is 28.4. The lowest BCUT2D eigenvalue weighted by atomic mass is 10.0. The number of carbonyl (C=O) groups excluding carboxylic acids is 3.